The van der Waals surface area contributed by atoms with E-state index in [9.17, 15) is 19.7 Å². The molecule has 0 radical (unpaired) electrons. The maximum Gasteiger partial charge on any atom is 0.269 e. The molecule has 1 N–H and O–H groups in total. The van der Waals surface area contributed by atoms with Crippen molar-refractivity contribution in [2.45, 2.75) is 0 Å². The van der Waals surface area contributed by atoms with E-state index >= 15 is 0 Å². The van der Waals surface area contributed by atoms with E-state index in [-0.39, 0.29) is 39.1 Å². The summed E-state index contributed by atoms with van der Waals surface area (Å²) >= 11 is 0. The first-order chi connectivity index (χ1) is 16.9. The maximum absolute atomic E-state index is 12.9. The molecule has 0 saturated heterocycles. The summed E-state index contributed by atoms with van der Waals surface area (Å²) in [5.41, 5.74) is 1.21. The van der Waals surface area contributed by atoms with Gasteiger partial charge in [0.1, 0.15) is 16.7 Å². The number of anilines is 1. The number of benzene rings is 3. The third-order valence-corrected chi connectivity index (χ3v) is 5.29. The molecule has 10 nitrogen and oxygen atoms in total. The highest BCUT2D eigenvalue weighted by Crippen LogP contribution is 2.42. The molecule has 4 rings (SSSR count). The molecule has 0 bridgehead atoms. The molecule has 0 aliphatic rings. The minimum atomic E-state index is -0.534. The number of nitrogens with one attached hydrogen (secondary N) is 1. The van der Waals surface area contributed by atoms with E-state index < -0.39 is 10.8 Å². The second-order valence-electron chi connectivity index (χ2n) is 7.33. The molecule has 0 aliphatic carbocycles. The van der Waals surface area contributed by atoms with Gasteiger partial charge in [-0.15, -0.1) is 0 Å². The summed E-state index contributed by atoms with van der Waals surface area (Å²) in [7, 11) is 4.34. The molecule has 1 amide bonds. The van der Waals surface area contributed by atoms with Crippen LogP contribution in [-0.2, 0) is 0 Å². The second-order valence-corrected chi connectivity index (χ2v) is 7.33. The van der Waals surface area contributed by atoms with Crippen molar-refractivity contribution in [3.8, 4) is 28.6 Å². The van der Waals surface area contributed by atoms with Gasteiger partial charge in [-0.25, -0.2) is 0 Å². The van der Waals surface area contributed by atoms with Gasteiger partial charge in [-0.05, 0) is 36.4 Å². The molecule has 0 unspecified atom stereocenters. The van der Waals surface area contributed by atoms with Crippen LogP contribution in [0.25, 0.3) is 22.3 Å². The molecule has 35 heavy (non-hydrogen) atoms. The number of non-ortho nitro benzene ring substituents is 1. The number of hydrogen-bond acceptors (Lipinski definition) is 8. The van der Waals surface area contributed by atoms with Gasteiger partial charge in [0, 0.05) is 41.1 Å². The number of methoxy groups -OCH3 is 3. The summed E-state index contributed by atoms with van der Waals surface area (Å²) in [6.45, 7) is 0. The Labute approximate surface area is 198 Å². The lowest BCUT2D eigenvalue weighted by molar-refractivity contribution is -0.384. The zero-order chi connectivity index (χ0) is 25.1. The molecule has 0 fully saturated rings. The second kappa shape index (κ2) is 9.56. The number of amides is 1. The summed E-state index contributed by atoms with van der Waals surface area (Å²) in [4.78, 5) is 35.6. The van der Waals surface area contributed by atoms with E-state index in [0.29, 0.717) is 22.8 Å². The number of nitro groups is 1. The van der Waals surface area contributed by atoms with Crippen LogP contribution in [0.3, 0.4) is 0 Å². The Morgan fingerprint density at radius 2 is 1.57 bits per heavy atom. The van der Waals surface area contributed by atoms with Crippen molar-refractivity contribution in [1.29, 1.82) is 0 Å². The molecule has 10 heteroatoms. The van der Waals surface area contributed by atoms with Crippen LogP contribution >= 0.6 is 0 Å². The molecule has 178 valence electrons. The third-order valence-electron chi connectivity index (χ3n) is 5.29. The smallest absolute Gasteiger partial charge is 0.269 e. The number of ether oxygens (including phenoxy) is 3. The molecule has 0 aliphatic heterocycles. The van der Waals surface area contributed by atoms with Crippen LogP contribution in [0.2, 0.25) is 0 Å². The van der Waals surface area contributed by atoms with E-state index in [2.05, 4.69) is 5.32 Å². The highest BCUT2D eigenvalue weighted by molar-refractivity contribution is 6.04. The number of carbonyl (C=O) groups excluding carboxylic acids is 1. The molecule has 0 saturated carbocycles. The van der Waals surface area contributed by atoms with Crippen molar-refractivity contribution in [2.24, 2.45) is 0 Å². The van der Waals surface area contributed by atoms with Gasteiger partial charge in [0.25, 0.3) is 11.6 Å². The molecular formula is C25H20N2O8. The van der Waals surface area contributed by atoms with E-state index in [0.717, 1.165) is 0 Å². The highest BCUT2D eigenvalue weighted by atomic mass is 16.6. The normalized spacial score (nSPS) is 10.6. The highest BCUT2D eigenvalue weighted by Gasteiger charge is 2.21. The van der Waals surface area contributed by atoms with Crippen molar-refractivity contribution in [3.63, 3.8) is 0 Å². The first kappa shape index (κ1) is 23.3. The zero-order valence-electron chi connectivity index (χ0n) is 19.0. The summed E-state index contributed by atoms with van der Waals surface area (Å²) in [6, 6.07) is 14.9. The van der Waals surface area contributed by atoms with Crippen LogP contribution in [0.4, 0.5) is 11.4 Å². The van der Waals surface area contributed by atoms with Gasteiger partial charge >= 0.3 is 0 Å². The number of nitrogens with zero attached hydrogens (tertiary/aromatic N) is 1. The van der Waals surface area contributed by atoms with Gasteiger partial charge in [0.05, 0.1) is 26.3 Å². The lowest BCUT2D eigenvalue weighted by Crippen LogP contribution is -2.11. The van der Waals surface area contributed by atoms with E-state index in [4.69, 9.17) is 18.6 Å². The van der Waals surface area contributed by atoms with E-state index in [1.807, 2.05) is 0 Å². The number of hydrogen-bond donors (Lipinski definition) is 1. The fraction of sp³-hybridized carbons (Fsp3) is 0.120. The summed E-state index contributed by atoms with van der Waals surface area (Å²) in [5.74, 6) is 0.742. The lowest BCUT2D eigenvalue weighted by Gasteiger charge is -2.14. The average Bonchev–Trinajstić information content (AvgIpc) is 2.87. The molecule has 4 aromatic rings. The predicted octanol–water partition coefficient (Wildman–Crippen LogP) is 4.65. The van der Waals surface area contributed by atoms with Gasteiger partial charge in [0.2, 0.25) is 5.75 Å². The summed E-state index contributed by atoms with van der Waals surface area (Å²) < 4.78 is 22.0. The molecule has 1 heterocycles. The molecular weight excluding hydrogens is 456 g/mol. The Morgan fingerprint density at radius 3 is 2.14 bits per heavy atom. The SMILES string of the molecule is COc1cc2oc(-c3ccc(NC(=O)c4ccc([N+](=O)[O-])cc4)cc3)cc(=O)c2c(OC)c1OC. The average molecular weight is 476 g/mol. The fourth-order valence-electron chi connectivity index (χ4n) is 3.58. The van der Waals surface area contributed by atoms with Gasteiger partial charge in [-0.3, -0.25) is 19.7 Å². The quantitative estimate of drug-likeness (QED) is 0.301. The van der Waals surface area contributed by atoms with Crippen molar-refractivity contribution < 1.29 is 28.3 Å². The van der Waals surface area contributed by atoms with Crippen LogP contribution in [0.5, 0.6) is 17.2 Å². The monoisotopic (exact) mass is 476 g/mol. The third kappa shape index (κ3) is 4.49. The van der Waals surface area contributed by atoms with Crippen LogP contribution in [0.15, 0.2) is 69.9 Å². The number of nitro benzene ring substituents is 1. The topological polar surface area (TPSA) is 130 Å². The van der Waals surface area contributed by atoms with E-state index in [1.165, 1.54) is 51.7 Å². The van der Waals surface area contributed by atoms with Crippen LogP contribution in [-0.4, -0.2) is 32.2 Å². The number of carbonyl (C=O) groups is 1. The van der Waals surface area contributed by atoms with Crippen molar-refractivity contribution in [1.82, 2.24) is 0 Å². The lowest BCUT2D eigenvalue weighted by atomic mass is 10.1. The molecule has 0 atom stereocenters. The minimum Gasteiger partial charge on any atom is -0.493 e. The molecule has 0 spiro atoms. The fourth-order valence-corrected chi connectivity index (χ4v) is 3.58. The van der Waals surface area contributed by atoms with Gasteiger partial charge in [-0.1, -0.05) is 0 Å². The first-order valence-corrected chi connectivity index (χ1v) is 10.3. The number of rotatable bonds is 7. The van der Waals surface area contributed by atoms with E-state index in [1.54, 1.807) is 30.3 Å². The summed E-state index contributed by atoms with van der Waals surface area (Å²) in [6.07, 6.45) is 0. The minimum absolute atomic E-state index is 0.100. The maximum atomic E-state index is 12.9. The molecule has 1 aromatic heterocycles. The Balaban J connectivity index is 1.63. The predicted molar refractivity (Wildman–Crippen MR) is 129 cm³/mol. The Kier molecular flexibility index (Phi) is 6.36. The van der Waals surface area contributed by atoms with Crippen molar-refractivity contribution in [2.75, 3.05) is 26.6 Å². The van der Waals surface area contributed by atoms with Gasteiger partial charge in [0.15, 0.2) is 16.9 Å². The zero-order valence-corrected chi connectivity index (χ0v) is 19.0. The van der Waals surface area contributed by atoms with Gasteiger partial charge < -0.3 is 23.9 Å². The number of fused-ring (bicyclic) bond motifs is 1. The first-order valence-electron chi connectivity index (χ1n) is 10.3. The Morgan fingerprint density at radius 1 is 0.914 bits per heavy atom. The van der Waals surface area contributed by atoms with Crippen LogP contribution in [0, 0.1) is 10.1 Å². The van der Waals surface area contributed by atoms with Crippen LogP contribution in [0.1, 0.15) is 10.4 Å². The largest absolute Gasteiger partial charge is 0.493 e. The Bertz CT molecular complexity index is 1480. The van der Waals surface area contributed by atoms with Crippen molar-refractivity contribution in [3.05, 3.63) is 86.6 Å². The Hall–Kier alpha value is -4.86. The molecule has 3 aromatic carbocycles. The summed E-state index contributed by atoms with van der Waals surface area (Å²) in [5, 5.41) is 13.7. The van der Waals surface area contributed by atoms with Gasteiger partial charge in [-0.2, -0.15) is 0 Å². The van der Waals surface area contributed by atoms with Crippen LogP contribution < -0.4 is 25.0 Å². The van der Waals surface area contributed by atoms with Crippen molar-refractivity contribution >= 4 is 28.3 Å². The standard InChI is InChI=1S/C25H20N2O8/c1-32-21-13-20-22(24(34-3)23(21)33-2)18(28)12-19(35-20)14-4-8-16(9-5-14)26-25(29)15-6-10-17(11-7-15)27(30)31/h4-13H,1-3H3,(H,26,29).